The molecule has 1 N–H and O–H groups in total. The molecule has 2 aromatic rings. The predicted molar refractivity (Wildman–Crippen MR) is 113 cm³/mol. The van der Waals surface area contributed by atoms with Gasteiger partial charge in [0, 0.05) is 11.8 Å². The molecule has 0 bridgehead atoms. The number of aromatic hydroxyl groups is 1. The summed E-state index contributed by atoms with van der Waals surface area (Å²) in [5.41, 5.74) is 1.62. The number of esters is 1. The summed E-state index contributed by atoms with van der Waals surface area (Å²) < 4.78 is 32.6. The number of hydrogen-bond donors (Lipinski definition) is 1. The first-order chi connectivity index (χ1) is 14.9. The Labute approximate surface area is 181 Å². The number of ether oxygens (including phenoxy) is 6. The van der Waals surface area contributed by atoms with E-state index in [9.17, 15) is 9.90 Å². The van der Waals surface area contributed by atoms with E-state index in [1.54, 1.807) is 33.5 Å². The molecule has 0 aromatic heterocycles. The highest BCUT2D eigenvalue weighted by Gasteiger charge is 2.41. The van der Waals surface area contributed by atoms with Gasteiger partial charge in [-0.15, -0.1) is 0 Å². The number of cyclic esters (lactones) is 1. The smallest absolute Gasteiger partial charge is 0.309 e. The van der Waals surface area contributed by atoms with Crippen LogP contribution in [-0.2, 0) is 9.53 Å². The molecule has 0 radical (unpaired) electrons. The van der Waals surface area contributed by atoms with Crippen LogP contribution in [-0.4, -0.2) is 53.2 Å². The molecule has 8 heteroatoms. The Morgan fingerprint density at radius 2 is 1.29 bits per heavy atom. The van der Waals surface area contributed by atoms with Crippen LogP contribution in [0.25, 0.3) is 0 Å². The van der Waals surface area contributed by atoms with E-state index >= 15 is 0 Å². The van der Waals surface area contributed by atoms with Crippen LogP contribution in [0.2, 0.25) is 0 Å². The van der Waals surface area contributed by atoms with Crippen molar-refractivity contribution in [2.75, 3.05) is 42.2 Å². The zero-order valence-electron chi connectivity index (χ0n) is 18.6. The average molecular weight is 432 g/mol. The first-order valence-electron chi connectivity index (χ1n) is 9.81. The Kier molecular flexibility index (Phi) is 6.68. The second-order valence-corrected chi connectivity index (χ2v) is 7.29. The molecule has 3 rings (SSSR count). The Morgan fingerprint density at radius 1 is 0.839 bits per heavy atom. The van der Waals surface area contributed by atoms with Gasteiger partial charge in [0.1, 0.15) is 0 Å². The van der Waals surface area contributed by atoms with Crippen molar-refractivity contribution in [3.8, 4) is 34.5 Å². The van der Waals surface area contributed by atoms with Gasteiger partial charge in [-0.1, -0.05) is 6.92 Å². The van der Waals surface area contributed by atoms with Crippen molar-refractivity contribution in [1.82, 2.24) is 0 Å². The van der Waals surface area contributed by atoms with Crippen molar-refractivity contribution in [2.24, 2.45) is 11.8 Å². The fourth-order valence-electron chi connectivity index (χ4n) is 4.07. The van der Waals surface area contributed by atoms with E-state index in [0.717, 1.165) is 11.1 Å². The summed E-state index contributed by atoms with van der Waals surface area (Å²) in [4.78, 5) is 12.2. The number of hydrogen-bond acceptors (Lipinski definition) is 8. The maximum Gasteiger partial charge on any atom is 0.309 e. The molecule has 168 valence electrons. The van der Waals surface area contributed by atoms with Gasteiger partial charge in [-0.2, -0.15) is 0 Å². The van der Waals surface area contributed by atoms with Crippen molar-refractivity contribution < 1.29 is 38.3 Å². The van der Waals surface area contributed by atoms with Gasteiger partial charge in [-0.25, -0.2) is 0 Å². The molecular formula is C23H28O8. The van der Waals surface area contributed by atoms with E-state index in [4.69, 9.17) is 28.4 Å². The lowest BCUT2D eigenvalue weighted by molar-refractivity contribution is -0.140. The maximum absolute atomic E-state index is 12.2. The van der Waals surface area contributed by atoms with Gasteiger partial charge in [0.15, 0.2) is 23.0 Å². The first-order valence-corrected chi connectivity index (χ1v) is 9.81. The van der Waals surface area contributed by atoms with E-state index in [0.29, 0.717) is 17.2 Å². The van der Waals surface area contributed by atoms with Crippen LogP contribution in [0.5, 0.6) is 34.5 Å². The van der Waals surface area contributed by atoms with Crippen molar-refractivity contribution in [3.05, 3.63) is 35.4 Å². The fraction of sp³-hybridized carbons (Fsp3) is 0.435. The number of carbonyl (C=O) groups excluding carboxylic acids is 1. The monoisotopic (exact) mass is 432 g/mol. The second-order valence-electron chi connectivity index (χ2n) is 7.29. The standard InChI is InChI=1S/C23H28O8/c1-12-15(11-31-23(12)25)20(13-7-16(26-2)21(24)17(8-13)27-3)14-9-18(28-4)22(30-6)19(10-14)29-5/h7-10,12,15,20,24H,11H2,1-6H3/t12-,15+,20?/m0/s1. The van der Waals surface area contributed by atoms with E-state index in [-0.39, 0.29) is 47.6 Å². The highest BCUT2D eigenvalue weighted by Crippen LogP contribution is 2.48. The molecule has 0 amide bonds. The van der Waals surface area contributed by atoms with Gasteiger partial charge in [-0.3, -0.25) is 4.79 Å². The number of phenols is 1. The third-order valence-electron chi connectivity index (χ3n) is 5.77. The molecule has 1 saturated heterocycles. The topological polar surface area (TPSA) is 92.7 Å². The minimum absolute atomic E-state index is 0.0933. The van der Waals surface area contributed by atoms with Crippen LogP contribution in [0, 0.1) is 11.8 Å². The maximum atomic E-state index is 12.2. The third kappa shape index (κ3) is 4.02. The Balaban J connectivity index is 2.26. The SMILES string of the molecule is COc1cc(C(c2cc(OC)c(OC)c(OC)c2)[C@@H]2COC(=O)[C@H]2C)cc(OC)c1O. The van der Waals surface area contributed by atoms with E-state index in [1.165, 1.54) is 14.2 Å². The summed E-state index contributed by atoms with van der Waals surface area (Å²) in [5.74, 6) is 0.844. The van der Waals surface area contributed by atoms with Crippen LogP contribution >= 0.6 is 0 Å². The Bertz CT molecular complexity index is 905. The summed E-state index contributed by atoms with van der Waals surface area (Å²) in [7, 11) is 7.58. The van der Waals surface area contributed by atoms with Gasteiger partial charge in [0.2, 0.25) is 11.5 Å². The molecular weight excluding hydrogens is 404 g/mol. The molecule has 0 saturated carbocycles. The fourth-order valence-corrected chi connectivity index (χ4v) is 4.07. The third-order valence-corrected chi connectivity index (χ3v) is 5.77. The lowest BCUT2D eigenvalue weighted by Crippen LogP contribution is -2.22. The van der Waals surface area contributed by atoms with Crippen LogP contribution < -0.4 is 23.7 Å². The summed E-state index contributed by atoms with van der Waals surface area (Å²) >= 11 is 0. The minimum atomic E-state index is -0.338. The number of benzene rings is 2. The van der Waals surface area contributed by atoms with E-state index < -0.39 is 0 Å². The average Bonchev–Trinajstić information content (AvgIpc) is 3.11. The Morgan fingerprint density at radius 3 is 1.65 bits per heavy atom. The van der Waals surface area contributed by atoms with Crippen molar-refractivity contribution in [2.45, 2.75) is 12.8 Å². The quantitative estimate of drug-likeness (QED) is 0.635. The van der Waals surface area contributed by atoms with Gasteiger partial charge >= 0.3 is 5.97 Å². The molecule has 1 aliphatic heterocycles. The lowest BCUT2D eigenvalue weighted by atomic mass is 9.76. The van der Waals surface area contributed by atoms with Gasteiger partial charge in [-0.05, 0) is 35.4 Å². The molecule has 0 aliphatic carbocycles. The molecule has 31 heavy (non-hydrogen) atoms. The highest BCUT2D eigenvalue weighted by atomic mass is 16.5. The molecule has 2 aromatic carbocycles. The summed E-state index contributed by atoms with van der Waals surface area (Å²) in [6.45, 7) is 2.10. The molecule has 0 spiro atoms. The van der Waals surface area contributed by atoms with Crippen molar-refractivity contribution in [3.63, 3.8) is 0 Å². The summed E-state index contributed by atoms with van der Waals surface area (Å²) in [5, 5.41) is 10.4. The first kappa shape index (κ1) is 22.4. The zero-order chi connectivity index (χ0) is 22.7. The van der Waals surface area contributed by atoms with E-state index in [2.05, 4.69) is 0 Å². The van der Waals surface area contributed by atoms with Gasteiger partial charge in [0.25, 0.3) is 0 Å². The number of methoxy groups -OCH3 is 5. The molecule has 1 unspecified atom stereocenters. The molecule has 1 aliphatic rings. The molecule has 1 heterocycles. The summed E-state index contributed by atoms with van der Waals surface area (Å²) in [6, 6.07) is 7.18. The second kappa shape index (κ2) is 9.24. The van der Waals surface area contributed by atoms with Crippen LogP contribution in [0.1, 0.15) is 24.0 Å². The zero-order valence-corrected chi connectivity index (χ0v) is 18.6. The largest absolute Gasteiger partial charge is 0.502 e. The van der Waals surface area contributed by atoms with Crippen molar-refractivity contribution in [1.29, 1.82) is 0 Å². The highest BCUT2D eigenvalue weighted by molar-refractivity contribution is 5.75. The summed E-state index contributed by atoms with van der Waals surface area (Å²) in [6.07, 6.45) is 0. The molecule has 1 fully saturated rings. The lowest BCUT2D eigenvalue weighted by Gasteiger charge is -2.27. The van der Waals surface area contributed by atoms with Crippen molar-refractivity contribution >= 4 is 5.97 Å². The van der Waals surface area contributed by atoms with E-state index in [1.807, 2.05) is 19.1 Å². The van der Waals surface area contributed by atoms with Crippen LogP contribution in [0.15, 0.2) is 24.3 Å². The Hall–Kier alpha value is -3.29. The molecule has 3 atom stereocenters. The number of rotatable bonds is 8. The molecule has 8 nitrogen and oxygen atoms in total. The normalized spacial score (nSPS) is 18.8. The van der Waals surface area contributed by atoms with Gasteiger partial charge < -0.3 is 33.5 Å². The van der Waals surface area contributed by atoms with Crippen LogP contribution in [0.3, 0.4) is 0 Å². The number of phenolic OH excluding ortho intramolecular Hbond substituents is 1. The minimum Gasteiger partial charge on any atom is -0.502 e. The van der Waals surface area contributed by atoms with Crippen LogP contribution in [0.4, 0.5) is 0 Å². The van der Waals surface area contributed by atoms with Gasteiger partial charge in [0.05, 0.1) is 48.1 Å². The number of carbonyl (C=O) groups is 1. The predicted octanol–water partition coefficient (Wildman–Crippen LogP) is 3.38.